The van der Waals surface area contributed by atoms with Crippen LogP contribution in [0.3, 0.4) is 0 Å². The first-order valence-electron chi connectivity index (χ1n) is 10.3. The monoisotopic (exact) mass is 541 g/mol. The largest absolute Gasteiger partial charge is 0.463 e. The van der Waals surface area contributed by atoms with Crippen molar-refractivity contribution in [1.82, 2.24) is 34.1 Å². The van der Waals surface area contributed by atoms with E-state index in [4.69, 9.17) is 11.6 Å². The Hall–Kier alpha value is -4.11. The van der Waals surface area contributed by atoms with E-state index in [9.17, 15) is 32.3 Å². The van der Waals surface area contributed by atoms with Crippen molar-refractivity contribution in [3.05, 3.63) is 75.7 Å². The van der Waals surface area contributed by atoms with Gasteiger partial charge in [0.1, 0.15) is 12.2 Å². The molecule has 16 heteroatoms. The van der Waals surface area contributed by atoms with Crippen molar-refractivity contribution in [2.45, 2.75) is 25.4 Å². The molecule has 3 heterocycles. The van der Waals surface area contributed by atoms with Gasteiger partial charge in [-0.2, -0.15) is 13.2 Å². The van der Waals surface area contributed by atoms with Crippen molar-refractivity contribution in [3.8, 4) is 17.1 Å². The van der Waals surface area contributed by atoms with Gasteiger partial charge in [0.05, 0.1) is 19.9 Å². The maximum atomic E-state index is 14.3. The Kier molecular flexibility index (Phi) is 7.09. The van der Waals surface area contributed by atoms with E-state index < -0.39 is 48.7 Å². The van der Waals surface area contributed by atoms with Gasteiger partial charge in [0.2, 0.25) is 5.82 Å². The molecule has 0 aliphatic carbocycles. The molecule has 1 N–H and O–H groups in total. The lowest BCUT2D eigenvalue weighted by Crippen LogP contribution is -2.37. The molecular formula is C21H16ClF4N7O4. The number of esters is 1. The summed E-state index contributed by atoms with van der Waals surface area (Å²) in [6.07, 6.45) is -5.72. The smallest absolute Gasteiger partial charge is 0.416 e. The molecule has 0 amide bonds. The second kappa shape index (κ2) is 10.1. The third-order valence-electron chi connectivity index (χ3n) is 5.05. The number of carbonyl (C=O) groups is 1. The van der Waals surface area contributed by atoms with Crippen LogP contribution < -0.4 is 5.69 Å². The molecule has 0 aliphatic rings. The molecule has 194 valence electrons. The number of carbonyl (C=O) groups excluding carboxylic acids is 1. The fourth-order valence-electron chi connectivity index (χ4n) is 3.28. The lowest BCUT2D eigenvalue weighted by Gasteiger charge is -2.15. The Morgan fingerprint density at radius 3 is 2.51 bits per heavy atom. The predicted molar refractivity (Wildman–Crippen MR) is 119 cm³/mol. The number of pyridine rings is 1. The summed E-state index contributed by atoms with van der Waals surface area (Å²) in [4.78, 5) is 32.9. The van der Waals surface area contributed by atoms with Gasteiger partial charge in [0.25, 0.3) is 0 Å². The number of rotatable bonds is 7. The number of halogens is 5. The highest BCUT2D eigenvalue weighted by atomic mass is 35.5. The summed E-state index contributed by atoms with van der Waals surface area (Å²) in [5.41, 5.74) is -0.983. The number of nitrogens with zero attached hydrogens (tertiary/aromatic N) is 7. The van der Waals surface area contributed by atoms with E-state index in [-0.39, 0.29) is 22.9 Å². The zero-order valence-electron chi connectivity index (χ0n) is 18.7. The van der Waals surface area contributed by atoms with Crippen LogP contribution >= 0.6 is 11.6 Å². The second-order valence-electron chi connectivity index (χ2n) is 7.52. The van der Waals surface area contributed by atoms with Crippen molar-refractivity contribution >= 4 is 17.6 Å². The van der Waals surface area contributed by atoms with Crippen LogP contribution in [0, 0.1) is 5.82 Å². The van der Waals surface area contributed by atoms with Gasteiger partial charge >= 0.3 is 17.8 Å². The molecule has 3 aromatic heterocycles. The maximum Gasteiger partial charge on any atom is 0.416 e. The first-order chi connectivity index (χ1) is 17.5. The number of benzene rings is 1. The molecule has 4 aromatic rings. The number of aliphatic hydroxyl groups excluding tert-OH is 1. The molecule has 1 aromatic carbocycles. The maximum absolute atomic E-state index is 14.3. The molecule has 0 spiro atoms. The summed E-state index contributed by atoms with van der Waals surface area (Å²) in [6.45, 7) is -1.66. The van der Waals surface area contributed by atoms with Crippen LogP contribution in [0.2, 0.25) is 5.02 Å². The topological polar surface area (TPSA) is 130 Å². The van der Waals surface area contributed by atoms with Crippen LogP contribution in [-0.2, 0) is 17.8 Å². The molecule has 0 fully saturated rings. The van der Waals surface area contributed by atoms with Crippen LogP contribution in [0.4, 0.5) is 17.6 Å². The van der Waals surface area contributed by atoms with E-state index in [1.165, 1.54) is 36.5 Å². The lowest BCUT2D eigenvalue weighted by molar-refractivity contribution is -0.207. The SMILES string of the molecule is COC(=O)c1nc(Cn2nc(-c3ccc(Cl)cc3)n(C[C@H](O)C(F)(F)F)c2=O)nn1-c1ccncc1F. The van der Waals surface area contributed by atoms with E-state index in [2.05, 4.69) is 24.9 Å². The standard InChI is InChI=1S/C21H16ClF4N7O4/c1-37-19(35)18-28-16(29-33(18)14-6-7-27-8-13(14)23)10-32-20(36)31(9-15(34)21(24,25)26)17(30-32)11-2-4-12(22)5-3-11/h2-8,15,34H,9-10H2,1H3/t15-/m0/s1. The van der Waals surface area contributed by atoms with Crippen LogP contribution in [0.5, 0.6) is 0 Å². The summed E-state index contributed by atoms with van der Waals surface area (Å²) >= 11 is 5.87. The number of ether oxygens (including phenoxy) is 1. The number of hydrogen-bond donors (Lipinski definition) is 1. The van der Waals surface area contributed by atoms with Crippen LogP contribution in [0.1, 0.15) is 16.4 Å². The van der Waals surface area contributed by atoms with Crippen molar-refractivity contribution in [2.75, 3.05) is 7.11 Å². The minimum absolute atomic E-state index is 0.192. The van der Waals surface area contributed by atoms with Crippen LogP contribution in [-0.4, -0.2) is 64.6 Å². The minimum atomic E-state index is -5.00. The molecule has 0 aliphatic heterocycles. The molecule has 0 saturated heterocycles. The Morgan fingerprint density at radius 2 is 1.89 bits per heavy atom. The fourth-order valence-corrected chi connectivity index (χ4v) is 3.41. The highest BCUT2D eigenvalue weighted by molar-refractivity contribution is 6.30. The molecule has 11 nitrogen and oxygen atoms in total. The summed E-state index contributed by atoms with van der Waals surface area (Å²) in [5.74, 6) is -2.64. The van der Waals surface area contributed by atoms with Crippen molar-refractivity contribution in [1.29, 1.82) is 0 Å². The fraction of sp³-hybridized carbons (Fsp3) is 0.238. The Labute approximate surface area is 209 Å². The highest BCUT2D eigenvalue weighted by Gasteiger charge is 2.39. The molecule has 0 radical (unpaired) electrons. The molecule has 1 atom stereocenters. The predicted octanol–water partition coefficient (Wildman–Crippen LogP) is 2.24. The van der Waals surface area contributed by atoms with Gasteiger partial charge in [0, 0.05) is 16.8 Å². The van der Waals surface area contributed by atoms with Gasteiger partial charge < -0.3 is 9.84 Å². The summed E-state index contributed by atoms with van der Waals surface area (Å²) in [7, 11) is 1.07. The zero-order valence-corrected chi connectivity index (χ0v) is 19.5. The molecule has 0 bridgehead atoms. The summed E-state index contributed by atoms with van der Waals surface area (Å²) in [6, 6.07) is 6.97. The number of alkyl halides is 3. The molecule has 37 heavy (non-hydrogen) atoms. The van der Waals surface area contributed by atoms with E-state index in [0.717, 1.165) is 22.7 Å². The van der Waals surface area contributed by atoms with Crippen molar-refractivity contribution in [3.63, 3.8) is 0 Å². The van der Waals surface area contributed by atoms with E-state index in [0.29, 0.717) is 9.59 Å². The zero-order chi connectivity index (χ0) is 26.9. The third kappa shape index (κ3) is 5.36. The van der Waals surface area contributed by atoms with E-state index in [1.807, 2.05) is 0 Å². The first kappa shape index (κ1) is 26.0. The number of aliphatic hydroxyl groups is 1. The molecule has 0 unspecified atom stereocenters. The summed E-state index contributed by atoms with van der Waals surface area (Å²) < 4.78 is 60.3. The van der Waals surface area contributed by atoms with Gasteiger partial charge in [-0.05, 0) is 30.3 Å². The van der Waals surface area contributed by atoms with Crippen LogP contribution in [0.15, 0.2) is 47.5 Å². The third-order valence-corrected chi connectivity index (χ3v) is 5.30. The van der Waals surface area contributed by atoms with Gasteiger partial charge in [-0.1, -0.05) is 11.6 Å². The average Bonchev–Trinajstić information content (AvgIpc) is 3.40. The van der Waals surface area contributed by atoms with Gasteiger partial charge in [-0.25, -0.2) is 28.3 Å². The van der Waals surface area contributed by atoms with Gasteiger partial charge in [-0.15, -0.1) is 10.2 Å². The molecular weight excluding hydrogens is 526 g/mol. The molecule has 4 rings (SSSR count). The second-order valence-corrected chi connectivity index (χ2v) is 7.96. The number of hydrogen-bond acceptors (Lipinski definition) is 8. The van der Waals surface area contributed by atoms with Gasteiger partial charge in [0.15, 0.2) is 23.6 Å². The quantitative estimate of drug-likeness (QED) is 0.278. The van der Waals surface area contributed by atoms with E-state index in [1.54, 1.807) is 0 Å². The van der Waals surface area contributed by atoms with Crippen molar-refractivity contribution < 1.29 is 32.2 Å². The Morgan fingerprint density at radius 1 is 1.19 bits per heavy atom. The van der Waals surface area contributed by atoms with E-state index >= 15 is 0 Å². The summed E-state index contributed by atoms with van der Waals surface area (Å²) in [5, 5.41) is 18.1. The lowest BCUT2D eigenvalue weighted by atomic mass is 10.2. The highest BCUT2D eigenvalue weighted by Crippen LogP contribution is 2.24. The van der Waals surface area contributed by atoms with Crippen molar-refractivity contribution in [2.24, 2.45) is 0 Å². The number of methoxy groups -OCH3 is 1. The molecule has 0 saturated carbocycles. The first-order valence-corrected chi connectivity index (χ1v) is 10.7. The average molecular weight is 542 g/mol. The Balaban J connectivity index is 1.79. The number of aromatic nitrogens is 7. The van der Waals surface area contributed by atoms with Gasteiger partial charge in [-0.3, -0.25) is 9.55 Å². The Bertz CT molecular complexity index is 1500. The minimum Gasteiger partial charge on any atom is -0.463 e. The van der Waals surface area contributed by atoms with Crippen LogP contribution in [0.25, 0.3) is 17.1 Å². The normalized spacial score (nSPS) is 12.5.